The number of nitrogens with zero attached hydrogens (tertiary/aromatic N) is 4. The minimum atomic E-state index is 0. The van der Waals surface area contributed by atoms with Crippen LogP contribution in [0.4, 0.5) is 0 Å². The van der Waals surface area contributed by atoms with Gasteiger partial charge in [-0.05, 0) is 6.07 Å². The molecule has 0 bridgehead atoms. The Morgan fingerprint density at radius 1 is 1.18 bits per heavy atom. The zero-order chi connectivity index (χ0) is 6.81. The van der Waals surface area contributed by atoms with E-state index in [0.717, 1.165) is 11.0 Å². The minimum absolute atomic E-state index is 0. The summed E-state index contributed by atoms with van der Waals surface area (Å²) >= 11 is 0. The van der Waals surface area contributed by atoms with E-state index in [-0.39, 0.29) is 12.4 Å². The fourth-order valence-corrected chi connectivity index (χ4v) is 0.739. The zero-order valence-electron chi connectivity index (χ0n) is 5.51. The molecular formula is C6H5ClN4. The maximum Gasteiger partial charge on any atom is 0.138 e. The molecule has 0 amide bonds. The van der Waals surface area contributed by atoms with Crippen molar-refractivity contribution < 1.29 is 0 Å². The predicted octanol–water partition coefficient (Wildman–Crippen LogP) is 0.842. The van der Waals surface area contributed by atoms with Crippen molar-refractivity contribution in [3.8, 4) is 0 Å². The molecular weight excluding hydrogens is 164 g/mol. The fraction of sp³-hybridized carbons (Fsp3) is 0. The summed E-state index contributed by atoms with van der Waals surface area (Å²) < 4.78 is 0. The van der Waals surface area contributed by atoms with E-state index in [9.17, 15) is 0 Å². The molecule has 0 saturated heterocycles. The summed E-state index contributed by atoms with van der Waals surface area (Å²) in [6, 6.07) is 1.77. The number of pyridine rings is 1. The van der Waals surface area contributed by atoms with Gasteiger partial charge in [0.2, 0.25) is 0 Å². The summed E-state index contributed by atoms with van der Waals surface area (Å²) in [7, 11) is 0. The molecule has 0 spiro atoms. The molecule has 5 heteroatoms. The Bertz CT molecular complexity index is 286. The molecule has 0 N–H and O–H groups in total. The molecule has 2 heterocycles. The van der Waals surface area contributed by atoms with Gasteiger partial charge in [-0.2, -0.15) is 0 Å². The number of aromatic nitrogens is 4. The van der Waals surface area contributed by atoms with E-state index < -0.39 is 0 Å². The van der Waals surface area contributed by atoms with Gasteiger partial charge < -0.3 is 0 Å². The van der Waals surface area contributed by atoms with Crippen molar-refractivity contribution in [2.24, 2.45) is 0 Å². The van der Waals surface area contributed by atoms with Gasteiger partial charge in [-0.3, -0.25) is 4.98 Å². The number of hydrogen-bond donors (Lipinski definition) is 0. The molecule has 0 aliphatic rings. The normalized spacial score (nSPS) is 9.09. The average molecular weight is 169 g/mol. The molecule has 0 aliphatic heterocycles. The van der Waals surface area contributed by atoms with E-state index in [1.165, 1.54) is 6.33 Å². The van der Waals surface area contributed by atoms with Crippen molar-refractivity contribution in [1.29, 1.82) is 0 Å². The van der Waals surface area contributed by atoms with Crippen molar-refractivity contribution in [2.45, 2.75) is 0 Å². The van der Waals surface area contributed by atoms with E-state index in [4.69, 9.17) is 0 Å². The topological polar surface area (TPSA) is 51.6 Å². The molecule has 11 heavy (non-hydrogen) atoms. The molecule has 4 nitrogen and oxygen atoms in total. The van der Waals surface area contributed by atoms with Crippen molar-refractivity contribution in [2.75, 3.05) is 0 Å². The van der Waals surface area contributed by atoms with Crippen molar-refractivity contribution in [1.82, 2.24) is 20.2 Å². The third-order valence-electron chi connectivity index (χ3n) is 1.19. The monoisotopic (exact) mass is 168 g/mol. The van der Waals surface area contributed by atoms with Crippen LogP contribution in [0.5, 0.6) is 0 Å². The van der Waals surface area contributed by atoms with Crippen LogP contribution in [0.3, 0.4) is 0 Å². The first-order chi connectivity index (χ1) is 4.97. The van der Waals surface area contributed by atoms with Gasteiger partial charge in [0.25, 0.3) is 0 Å². The molecule has 0 atom stereocenters. The highest BCUT2D eigenvalue weighted by Crippen LogP contribution is 2.00. The van der Waals surface area contributed by atoms with E-state index >= 15 is 0 Å². The molecule has 2 rings (SSSR count). The summed E-state index contributed by atoms with van der Waals surface area (Å²) in [6.45, 7) is 0. The van der Waals surface area contributed by atoms with Crippen molar-refractivity contribution in [3.05, 3.63) is 24.8 Å². The molecule has 56 valence electrons. The molecule has 0 aromatic carbocycles. The first kappa shape index (κ1) is 7.81. The SMILES string of the molecule is Cl.c1cc2nncnc2cn1. The third kappa shape index (κ3) is 1.40. The van der Waals surface area contributed by atoms with Crippen LogP contribution in [0.1, 0.15) is 0 Å². The van der Waals surface area contributed by atoms with Crippen LogP contribution >= 0.6 is 12.4 Å². The van der Waals surface area contributed by atoms with E-state index in [1.807, 2.05) is 0 Å². The molecule has 2 aromatic heterocycles. The minimum Gasteiger partial charge on any atom is -0.262 e. The summed E-state index contributed by atoms with van der Waals surface area (Å²) in [5, 5.41) is 7.45. The van der Waals surface area contributed by atoms with Gasteiger partial charge in [-0.25, -0.2) is 4.98 Å². The highest BCUT2D eigenvalue weighted by molar-refractivity contribution is 5.85. The highest BCUT2D eigenvalue weighted by Gasteiger charge is 1.90. The second-order valence-electron chi connectivity index (χ2n) is 1.82. The Kier molecular flexibility index (Phi) is 2.28. The predicted molar refractivity (Wildman–Crippen MR) is 42.4 cm³/mol. The third-order valence-corrected chi connectivity index (χ3v) is 1.19. The lowest BCUT2D eigenvalue weighted by molar-refractivity contribution is 1.02. The Labute approximate surface area is 69.1 Å². The zero-order valence-corrected chi connectivity index (χ0v) is 6.32. The van der Waals surface area contributed by atoms with Crippen LogP contribution in [0.25, 0.3) is 11.0 Å². The van der Waals surface area contributed by atoms with Gasteiger partial charge in [0.05, 0.1) is 6.20 Å². The maximum absolute atomic E-state index is 3.95. The molecule has 0 fully saturated rings. The van der Waals surface area contributed by atoms with Gasteiger partial charge in [0.15, 0.2) is 0 Å². The van der Waals surface area contributed by atoms with E-state index in [1.54, 1.807) is 18.5 Å². The summed E-state index contributed by atoms with van der Waals surface area (Å²) in [5.74, 6) is 0. The van der Waals surface area contributed by atoms with E-state index in [2.05, 4.69) is 20.2 Å². The second kappa shape index (κ2) is 3.21. The molecule has 2 aromatic rings. The highest BCUT2D eigenvalue weighted by atomic mass is 35.5. The summed E-state index contributed by atoms with van der Waals surface area (Å²) in [4.78, 5) is 7.83. The van der Waals surface area contributed by atoms with Crippen LogP contribution in [0.2, 0.25) is 0 Å². The fourth-order valence-electron chi connectivity index (χ4n) is 0.739. The van der Waals surface area contributed by atoms with Crippen molar-refractivity contribution >= 4 is 23.4 Å². The Balaban J connectivity index is 0.000000605. The van der Waals surface area contributed by atoms with Crippen LogP contribution in [0.15, 0.2) is 24.8 Å². The van der Waals surface area contributed by atoms with E-state index in [0.29, 0.717) is 0 Å². The Morgan fingerprint density at radius 3 is 2.91 bits per heavy atom. The molecule has 0 aliphatic carbocycles. The Hall–Kier alpha value is -1.29. The Morgan fingerprint density at radius 2 is 2.09 bits per heavy atom. The lowest BCUT2D eigenvalue weighted by atomic mass is 10.4. The van der Waals surface area contributed by atoms with Gasteiger partial charge in [-0.15, -0.1) is 22.6 Å². The first-order valence-corrected chi connectivity index (χ1v) is 2.84. The summed E-state index contributed by atoms with van der Waals surface area (Å²) in [5.41, 5.74) is 1.55. The number of halogens is 1. The molecule has 0 radical (unpaired) electrons. The van der Waals surface area contributed by atoms with Crippen LogP contribution in [-0.2, 0) is 0 Å². The number of fused-ring (bicyclic) bond motifs is 1. The van der Waals surface area contributed by atoms with Gasteiger partial charge in [-0.1, -0.05) is 0 Å². The molecule has 0 saturated carbocycles. The smallest absolute Gasteiger partial charge is 0.138 e. The lowest BCUT2D eigenvalue weighted by Gasteiger charge is -1.88. The largest absolute Gasteiger partial charge is 0.262 e. The van der Waals surface area contributed by atoms with Crippen LogP contribution in [0, 0.1) is 0 Å². The number of rotatable bonds is 0. The van der Waals surface area contributed by atoms with Gasteiger partial charge >= 0.3 is 0 Å². The maximum atomic E-state index is 3.95. The van der Waals surface area contributed by atoms with Gasteiger partial charge in [0.1, 0.15) is 17.4 Å². The lowest BCUT2D eigenvalue weighted by Crippen LogP contribution is -1.85. The quantitative estimate of drug-likeness (QED) is 0.585. The first-order valence-electron chi connectivity index (χ1n) is 2.84. The van der Waals surface area contributed by atoms with Crippen LogP contribution < -0.4 is 0 Å². The number of hydrogen-bond acceptors (Lipinski definition) is 4. The average Bonchev–Trinajstić information content (AvgIpc) is 2.05. The van der Waals surface area contributed by atoms with Gasteiger partial charge in [0, 0.05) is 6.20 Å². The van der Waals surface area contributed by atoms with Crippen LogP contribution in [-0.4, -0.2) is 20.2 Å². The van der Waals surface area contributed by atoms with Crippen molar-refractivity contribution in [3.63, 3.8) is 0 Å². The standard InChI is InChI=1S/C6H4N4.ClH/c1-2-7-3-6-5(1)10-9-4-8-6;/h1-4H;1H. The molecule has 0 unspecified atom stereocenters. The second-order valence-corrected chi connectivity index (χ2v) is 1.82. The summed E-state index contributed by atoms with van der Waals surface area (Å²) in [6.07, 6.45) is 4.73.